The van der Waals surface area contributed by atoms with E-state index in [4.69, 9.17) is 4.74 Å². The number of halogens is 1. The first kappa shape index (κ1) is 23.1. The van der Waals surface area contributed by atoms with E-state index < -0.39 is 5.54 Å². The summed E-state index contributed by atoms with van der Waals surface area (Å²) in [6.45, 7) is 9.62. The van der Waals surface area contributed by atoms with Gasteiger partial charge in [-0.25, -0.2) is 9.36 Å². The first-order chi connectivity index (χ1) is 12.1. The van der Waals surface area contributed by atoms with Gasteiger partial charge < -0.3 is 34.0 Å². The minimum Gasteiger partial charge on any atom is -1.00 e. The largest absolute Gasteiger partial charge is 1.00 e. The Bertz CT molecular complexity index is 830. The molecule has 5 nitrogen and oxygen atoms in total. The standard InChI is InChI=1S/C21H26N2O3.HI/c1-14-11-16(3)18(12-15(14)2)20(25)26-13-21(4,5)22-19(24)17-7-9-23(6)10-8-17;/h7-12H,13H2,1-6H3;1H. The average molecular weight is 482 g/mol. The molecule has 2 aromatic rings. The molecule has 0 fully saturated rings. The SMILES string of the molecule is Cc1cc(C)c(C(=O)OCC(C)(C)NC(=O)c2cc[n+](C)cc2)cc1C.[I-]. The number of pyridine rings is 1. The fraction of sp³-hybridized carbons (Fsp3) is 0.381. The molecule has 1 aromatic carbocycles. The number of benzene rings is 1. The van der Waals surface area contributed by atoms with Crippen molar-refractivity contribution >= 4 is 11.9 Å². The van der Waals surface area contributed by atoms with E-state index >= 15 is 0 Å². The summed E-state index contributed by atoms with van der Waals surface area (Å²) < 4.78 is 7.32. The van der Waals surface area contributed by atoms with Crippen LogP contribution in [0.5, 0.6) is 0 Å². The summed E-state index contributed by atoms with van der Waals surface area (Å²) >= 11 is 0. The molecule has 1 aromatic heterocycles. The van der Waals surface area contributed by atoms with Gasteiger partial charge in [0.2, 0.25) is 0 Å². The van der Waals surface area contributed by atoms with Gasteiger partial charge >= 0.3 is 5.97 Å². The van der Waals surface area contributed by atoms with Crippen LogP contribution in [0.4, 0.5) is 0 Å². The van der Waals surface area contributed by atoms with Crippen molar-refractivity contribution in [3.63, 3.8) is 0 Å². The highest BCUT2D eigenvalue weighted by atomic mass is 127. The van der Waals surface area contributed by atoms with Crippen LogP contribution in [0, 0.1) is 20.8 Å². The number of hydrogen-bond acceptors (Lipinski definition) is 3. The zero-order chi connectivity index (χ0) is 19.5. The molecule has 2 rings (SSSR count). The van der Waals surface area contributed by atoms with Gasteiger partial charge in [-0.1, -0.05) is 6.07 Å². The number of carbonyl (C=O) groups is 2. The van der Waals surface area contributed by atoms with Crippen LogP contribution in [0.1, 0.15) is 51.3 Å². The number of nitrogens with zero attached hydrogens (tertiary/aromatic N) is 1. The minimum absolute atomic E-state index is 0. The topological polar surface area (TPSA) is 59.3 Å². The molecule has 0 aliphatic carbocycles. The predicted octanol–water partition coefficient (Wildman–Crippen LogP) is -0.194. The lowest BCUT2D eigenvalue weighted by Crippen LogP contribution is -3.00. The lowest BCUT2D eigenvalue weighted by atomic mass is 10.0. The van der Waals surface area contributed by atoms with Crippen LogP contribution < -0.4 is 33.9 Å². The molecule has 27 heavy (non-hydrogen) atoms. The second-order valence-corrected chi connectivity index (χ2v) is 7.42. The van der Waals surface area contributed by atoms with E-state index in [2.05, 4.69) is 5.32 Å². The smallest absolute Gasteiger partial charge is 0.338 e. The van der Waals surface area contributed by atoms with Crippen LogP contribution >= 0.6 is 0 Å². The second-order valence-electron chi connectivity index (χ2n) is 7.42. The van der Waals surface area contributed by atoms with Gasteiger partial charge in [0.15, 0.2) is 12.4 Å². The molecule has 0 saturated carbocycles. The van der Waals surface area contributed by atoms with Crippen molar-refractivity contribution in [2.75, 3.05) is 6.61 Å². The normalized spacial score (nSPS) is 10.7. The fourth-order valence-electron chi connectivity index (χ4n) is 2.57. The van der Waals surface area contributed by atoms with Crippen LogP contribution in [0.25, 0.3) is 0 Å². The van der Waals surface area contributed by atoms with E-state index in [1.54, 1.807) is 12.1 Å². The number of esters is 1. The molecular weight excluding hydrogens is 455 g/mol. The molecule has 0 unspecified atom stereocenters. The molecule has 0 radical (unpaired) electrons. The summed E-state index contributed by atoms with van der Waals surface area (Å²) in [5.41, 5.74) is 3.52. The highest BCUT2D eigenvalue weighted by molar-refractivity contribution is 5.94. The molecule has 0 bridgehead atoms. The van der Waals surface area contributed by atoms with E-state index in [9.17, 15) is 9.59 Å². The maximum atomic E-state index is 12.4. The van der Waals surface area contributed by atoms with E-state index in [-0.39, 0.29) is 42.5 Å². The molecule has 1 amide bonds. The Morgan fingerprint density at radius 3 is 2.19 bits per heavy atom. The highest BCUT2D eigenvalue weighted by Gasteiger charge is 2.24. The molecule has 0 aliphatic heterocycles. The van der Waals surface area contributed by atoms with Crippen molar-refractivity contribution in [2.45, 2.75) is 40.2 Å². The predicted molar refractivity (Wildman–Crippen MR) is 100 cm³/mol. The summed E-state index contributed by atoms with van der Waals surface area (Å²) in [7, 11) is 1.89. The number of aromatic nitrogens is 1. The van der Waals surface area contributed by atoms with Gasteiger partial charge in [0.05, 0.1) is 16.7 Å². The Morgan fingerprint density at radius 1 is 1.04 bits per heavy atom. The van der Waals surface area contributed by atoms with E-state index in [1.807, 2.05) is 70.8 Å². The van der Waals surface area contributed by atoms with Crippen molar-refractivity contribution in [3.05, 3.63) is 64.5 Å². The Labute approximate surface area is 178 Å². The maximum absolute atomic E-state index is 12.4. The molecule has 0 saturated heterocycles. The second kappa shape index (κ2) is 9.30. The Balaban J connectivity index is 0.00000364. The van der Waals surface area contributed by atoms with Gasteiger partial charge in [-0.15, -0.1) is 0 Å². The van der Waals surface area contributed by atoms with E-state index in [1.165, 1.54) is 0 Å². The van der Waals surface area contributed by atoms with Crippen LogP contribution in [0.3, 0.4) is 0 Å². The summed E-state index contributed by atoms with van der Waals surface area (Å²) in [5.74, 6) is -0.575. The van der Waals surface area contributed by atoms with Gasteiger partial charge in [0.25, 0.3) is 5.91 Å². The number of carbonyl (C=O) groups excluding carboxylic acids is 2. The molecule has 0 aliphatic rings. The molecule has 1 heterocycles. The Hall–Kier alpha value is -1.96. The fourth-order valence-corrected chi connectivity index (χ4v) is 2.57. The summed E-state index contributed by atoms with van der Waals surface area (Å²) in [5, 5.41) is 2.91. The lowest BCUT2D eigenvalue weighted by Gasteiger charge is -2.26. The number of nitrogens with one attached hydrogen (secondary N) is 1. The van der Waals surface area contributed by atoms with Gasteiger partial charge in [-0.3, -0.25) is 4.79 Å². The third kappa shape index (κ3) is 6.30. The average Bonchev–Trinajstić information content (AvgIpc) is 2.56. The lowest BCUT2D eigenvalue weighted by molar-refractivity contribution is -0.671. The van der Waals surface area contributed by atoms with Crippen molar-refractivity contribution in [1.82, 2.24) is 5.32 Å². The number of amides is 1. The summed E-state index contributed by atoms with van der Waals surface area (Å²) in [6.07, 6.45) is 3.62. The van der Waals surface area contributed by atoms with Gasteiger partial charge in [0, 0.05) is 12.1 Å². The first-order valence-corrected chi connectivity index (χ1v) is 8.62. The highest BCUT2D eigenvalue weighted by Crippen LogP contribution is 2.17. The van der Waals surface area contributed by atoms with Crippen molar-refractivity contribution < 1.29 is 42.9 Å². The van der Waals surface area contributed by atoms with E-state index in [0.29, 0.717) is 11.1 Å². The maximum Gasteiger partial charge on any atom is 0.338 e. The zero-order valence-electron chi connectivity index (χ0n) is 16.7. The van der Waals surface area contributed by atoms with Crippen LogP contribution in [-0.4, -0.2) is 24.0 Å². The third-order valence-corrected chi connectivity index (χ3v) is 4.32. The van der Waals surface area contributed by atoms with Crippen molar-refractivity contribution in [2.24, 2.45) is 7.05 Å². The van der Waals surface area contributed by atoms with Gasteiger partial charge in [0.1, 0.15) is 13.7 Å². The first-order valence-electron chi connectivity index (χ1n) is 8.62. The molecule has 0 atom stereocenters. The third-order valence-electron chi connectivity index (χ3n) is 4.32. The molecule has 6 heteroatoms. The Morgan fingerprint density at radius 2 is 1.59 bits per heavy atom. The number of rotatable bonds is 5. The summed E-state index contributed by atoms with van der Waals surface area (Å²) in [4.78, 5) is 24.8. The zero-order valence-corrected chi connectivity index (χ0v) is 18.9. The number of ether oxygens (including phenoxy) is 1. The summed E-state index contributed by atoms with van der Waals surface area (Å²) in [6, 6.07) is 7.32. The van der Waals surface area contributed by atoms with Crippen LogP contribution in [-0.2, 0) is 11.8 Å². The van der Waals surface area contributed by atoms with Crippen molar-refractivity contribution in [1.29, 1.82) is 0 Å². The van der Waals surface area contributed by atoms with Gasteiger partial charge in [-0.2, -0.15) is 0 Å². The van der Waals surface area contributed by atoms with Crippen LogP contribution in [0.15, 0.2) is 36.7 Å². The van der Waals surface area contributed by atoms with Gasteiger partial charge in [-0.05, 0) is 57.4 Å². The van der Waals surface area contributed by atoms with Crippen LogP contribution in [0.2, 0.25) is 0 Å². The Kier molecular flexibility index (Phi) is 7.95. The molecular formula is C21H27IN2O3. The van der Waals surface area contributed by atoms with E-state index in [0.717, 1.165) is 16.7 Å². The quantitative estimate of drug-likeness (QED) is 0.365. The molecule has 1 N–H and O–H groups in total. The number of aryl methyl sites for hydroxylation is 4. The number of hydrogen-bond donors (Lipinski definition) is 1. The molecule has 146 valence electrons. The minimum atomic E-state index is -0.682. The van der Waals surface area contributed by atoms with Crippen molar-refractivity contribution in [3.8, 4) is 0 Å². The monoisotopic (exact) mass is 482 g/mol. The molecule has 0 spiro atoms.